The number of ether oxygens (including phenoxy) is 1. The van der Waals surface area contributed by atoms with Crippen LogP contribution in [0.15, 0.2) is 65.6 Å². The lowest BCUT2D eigenvalue weighted by Gasteiger charge is -2.12. The molecule has 5 heteroatoms. The summed E-state index contributed by atoms with van der Waals surface area (Å²) >= 11 is 0. The highest BCUT2D eigenvalue weighted by atomic mass is 16.5. The Morgan fingerprint density at radius 3 is 2.57 bits per heavy atom. The molecule has 0 amide bonds. The first-order valence-electron chi connectivity index (χ1n) is 10.2. The van der Waals surface area contributed by atoms with Crippen molar-refractivity contribution in [3.63, 3.8) is 0 Å². The van der Waals surface area contributed by atoms with Crippen molar-refractivity contribution in [3.8, 4) is 5.75 Å². The number of phenolic OH excluding ortho intramolecular Hbond substituents is 1. The molecule has 1 aromatic heterocycles. The SMILES string of the molecule is CCc1cc(CCCc2cc(C(=O)OC)ccc2O)ccc1Cn1ccccc1=O. The fraction of sp³-hybridized carbons (Fsp3) is 0.280. The Labute approximate surface area is 176 Å². The van der Waals surface area contributed by atoms with E-state index in [2.05, 4.69) is 25.1 Å². The monoisotopic (exact) mass is 405 g/mol. The molecular formula is C25H27NO4. The summed E-state index contributed by atoms with van der Waals surface area (Å²) in [6.45, 7) is 2.68. The summed E-state index contributed by atoms with van der Waals surface area (Å²) in [6.07, 6.45) is 5.08. The van der Waals surface area contributed by atoms with Gasteiger partial charge in [-0.15, -0.1) is 0 Å². The second kappa shape index (κ2) is 9.92. The lowest BCUT2D eigenvalue weighted by Crippen LogP contribution is -2.19. The van der Waals surface area contributed by atoms with E-state index in [1.54, 1.807) is 28.8 Å². The Hall–Kier alpha value is -3.34. The highest BCUT2D eigenvalue weighted by Gasteiger charge is 2.10. The minimum Gasteiger partial charge on any atom is -0.508 e. The number of phenols is 1. The number of aromatic nitrogens is 1. The van der Waals surface area contributed by atoms with E-state index >= 15 is 0 Å². The van der Waals surface area contributed by atoms with Gasteiger partial charge in [0, 0.05) is 12.3 Å². The van der Waals surface area contributed by atoms with Crippen LogP contribution in [0.1, 0.15) is 46.0 Å². The summed E-state index contributed by atoms with van der Waals surface area (Å²) in [5.41, 5.74) is 4.79. The number of methoxy groups -OCH3 is 1. The van der Waals surface area contributed by atoms with Crippen molar-refractivity contribution in [1.29, 1.82) is 0 Å². The van der Waals surface area contributed by atoms with Gasteiger partial charge in [0.1, 0.15) is 5.75 Å². The van der Waals surface area contributed by atoms with E-state index in [0.29, 0.717) is 18.5 Å². The van der Waals surface area contributed by atoms with Crippen molar-refractivity contribution in [2.24, 2.45) is 0 Å². The van der Waals surface area contributed by atoms with Crippen molar-refractivity contribution in [1.82, 2.24) is 4.57 Å². The zero-order chi connectivity index (χ0) is 21.5. The van der Waals surface area contributed by atoms with Crippen molar-refractivity contribution in [2.75, 3.05) is 7.11 Å². The number of hydrogen-bond donors (Lipinski definition) is 1. The average Bonchev–Trinajstić information content (AvgIpc) is 2.76. The zero-order valence-corrected chi connectivity index (χ0v) is 17.4. The number of esters is 1. The molecular weight excluding hydrogens is 378 g/mol. The molecule has 0 spiro atoms. The molecule has 0 radical (unpaired) electrons. The molecule has 0 unspecified atom stereocenters. The summed E-state index contributed by atoms with van der Waals surface area (Å²) < 4.78 is 6.46. The molecule has 3 aromatic rings. The fourth-order valence-electron chi connectivity index (χ4n) is 3.61. The largest absolute Gasteiger partial charge is 0.508 e. The first-order valence-corrected chi connectivity index (χ1v) is 10.2. The summed E-state index contributed by atoms with van der Waals surface area (Å²) in [4.78, 5) is 23.7. The predicted molar refractivity (Wildman–Crippen MR) is 117 cm³/mol. The molecule has 0 aliphatic heterocycles. The van der Waals surface area contributed by atoms with Crippen molar-refractivity contribution in [3.05, 3.63) is 99.0 Å². The van der Waals surface area contributed by atoms with Crippen LogP contribution in [-0.4, -0.2) is 22.8 Å². The van der Waals surface area contributed by atoms with Crippen molar-refractivity contribution < 1.29 is 14.6 Å². The summed E-state index contributed by atoms with van der Waals surface area (Å²) in [7, 11) is 1.35. The molecule has 1 heterocycles. The van der Waals surface area contributed by atoms with Crippen LogP contribution in [0.4, 0.5) is 0 Å². The molecule has 2 aromatic carbocycles. The third-order valence-electron chi connectivity index (χ3n) is 5.30. The van der Waals surface area contributed by atoms with E-state index in [1.807, 2.05) is 12.3 Å². The van der Waals surface area contributed by atoms with E-state index in [1.165, 1.54) is 24.3 Å². The second-order valence-electron chi connectivity index (χ2n) is 7.31. The lowest BCUT2D eigenvalue weighted by molar-refractivity contribution is 0.0600. The van der Waals surface area contributed by atoms with Crippen LogP contribution in [0, 0.1) is 0 Å². The summed E-state index contributed by atoms with van der Waals surface area (Å²) in [6, 6.07) is 16.4. The second-order valence-corrected chi connectivity index (χ2v) is 7.31. The first kappa shape index (κ1) is 21.4. The van der Waals surface area contributed by atoms with Crippen LogP contribution in [-0.2, 0) is 30.5 Å². The normalized spacial score (nSPS) is 10.7. The molecule has 0 aliphatic carbocycles. The van der Waals surface area contributed by atoms with Gasteiger partial charge in [-0.2, -0.15) is 0 Å². The van der Waals surface area contributed by atoms with Gasteiger partial charge < -0.3 is 14.4 Å². The van der Waals surface area contributed by atoms with Gasteiger partial charge in [0.15, 0.2) is 0 Å². The van der Waals surface area contributed by atoms with E-state index in [9.17, 15) is 14.7 Å². The summed E-state index contributed by atoms with van der Waals surface area (Å²) in [5, 5.41) is 10.1. The lowest BCUT2D eigenvalue weighted by atomic mass is 9.97. The van der Waals surface area contributed by atoms with Crippen molar-refractivity contribution in [2.45, 2.75) is 39.2 Å². The molecule has 0 aliphatic rings. The van der Waals surface area contributed by atoms with Gasteiger partial charge in [-0.05, 0) is 72.2 Å². The molecule has 0 bridgehead atoms. The highest BCUT2D eigenvalue weighted by molar-refractivity contribution is 5.89. The number of rotatable bonds is 8. The zero-order valence-electron chi connectivity index (χ0n) is 17.4. The molecule has 0 fully saturated rings. The third kappa shape index (κ3) is 5.17. The van der Waals surface area contributed by atoms with Crippen LogP contribution < -0.4 is 5.56 Å². The van der Waals surface area contributed by atoms with Gasteiger partial charge in [0.05, 0.1) is 19.2 Å². The predicted octanol–water partition coefficient (Wildman–Crippen LogP) is 4.13. The maximum atomic E-state index is 12.0. The van der Waals surface area contributed by atoms with E-state index in [4.69, 9.17) is 4.74 Å². The highest BCUT2D eigenvalue weighted by Crippen LogP contribution is 2.22. The topological polar surface area (TPSA) is 68.5 Å². The molecule has 5 nitrogen and oxygen atoms in total. The fourth-order valence-corrected chi connectivity index (χ4v) is 3.61. The van der Waals surface area contributed by atoms with Crippen molar-refractivity contribution >= 4 is 5.97 Å². The number of aromatic hydroxyl groups is 1. The Kier molecular flexibility index (Phi) is 7.07. The van der Waals surface area contributed by atoms with Gasteiger partial charge in [-0.3, -0.25) is 4.79 Å². The minimum absolute atomic E-state index is 0.00220. The molecule has 0 atom stereocenters. The Balaban J connectivity index is 1.67. The van der Waals surface area contributed by atoms with Crippen LogP contribution in [0.5, 0.6) is 5.75 Å². The smallest absolute Gasteiger partial charge is 0.337 e. The molecule has 0 saturated carbocycles. The van der Waals surface area contributed by atoms with Crippen LogP contribution in [0.3, 0.4) is 0 Å². The number of aryl methyl sites for hydroxylation is 3. The van der Waals surface area contributed by atoms with Crippen LogP contribution in [0.25, 0.3) is 0 Å². The minimum atomic E-state index is -0.406. The number of benzene rings is 2. The van der Waals surface area contributed by atoms with Gasteiger partial charge in [-0.1, -0.05) is 31.2 Å². The molecule has 3 rings (SSSR count). The Morgan fingerprint density at radius 2 is 1.83 bits per heavy atom. The number of carbonyl (C=O) groups is 1. The molecule has 156 valence electrons. The van der Waals surface area contributed by atoms with Gasteiger partial charge in [0.2, 0.25) is 0 Å². The maximum absolute atomic E-state index is 12.0. The first-order chi connectivity index (χ1) is 14.5. The van der Waals surface area contributed by atoms with Gasteiger partial charge >= 0.3 is 5.97 Å². The quantitative estimate of drug-likeness (QED) is 0.572. The van der Waals surface area contributed by atoms with Crippen LogP contribution in [0.2, 0.25) is 0 Å². The van der Waals surface area contributed by atoms with E-state index < -0.39 is 5.97 Å². The number of hydrogen-bond acceptors (Lipinski definition) is 4. The molecule has 1 N–H and O–H groups in total. The van der Waals surface area contributed by atoms with E-state index in [0.717, 1.165) is 30.4 Å². The van der Waals surface area contributed by atoms with Crippen LogP contribution >= 0.6 is 0 Å². The van der Waals surface area contributed by atoms with E-state index in [-0.39, 0.29) is 11.3 Å². The number of pyridine rings is 1. The maximum Gasteiger partial charge on any atom is 0.337 e. The van der Waals surface area contributed by atoms with Gasteiger partial charge in [-0.25, -0.2) is 4.79 Å². The standard InChI is InChI=1S/C25H27NO4/c1-3-19-15-18(10-11-22(19)17-26-14-5-4-9-24(26)28)7-6-8-20-16-21(25(29)30-2)12-13-23(20)27/h4-5,9-16,27H,3,6-8,17H2,1-2H3. The average molecular weight is 405 g/mol. The Morgan fingerprint density at radius 1 is 1.00 bits per heavy atom. The van der Waals surface area contributed by atoms with Gasteiger partial charge in [0.25, 0.3) is 5.56 Å². The summed E-state index contributed by atoms with van der Waals surface area (Å²) in [5.74, 6) is -0.211. The molecule has 30 heavy (non-hydrogen) atoms. The third-order valence-corrected chi connectivity index (χ3v) is 5.30. The molecule has 0 saturated heterocycles. The Bertz CT molecular complexity index is 1080. The number of carbonyl (C=O) groups excluding carboxylic acids is 1. The number of nitrogens with zero attached hydrogens (tertiary/aromatic N) is 1.